The number of nitrogen functional groups attached to an aromatic ring is 1. The van der Waals surface area contributed by atoms with Crippen molar-refractivity contribution in [1.82, 2.24) is 0 Å². The standard InChI is InChI=1S/C6H7N.C2HF3/c7-6-4-2-1-3-5-6;3-1-2(4)5/h1-5H,7H2;1H. The van der Waals surface area contributed by atoms with Crippen LogP contribution in [0.5, 0.6) is 0 Å². The van der Waals surface area contributed by atoms with E-state index < -0.39 is 12.4 Å². The lowest BCUT2D eigenvalue weighted by Gasteiger charge is -1.83. The monoisotopic (exact) mass is 175 g/mol. The molecule has 0 aliphatic rings. The van der Waals surface area contributed by atoms with Gasteiger partial charge in [0.15, 0.2) is 6.33 Å². The number of benzene rings is 1. The molecule has 0 unspecified atom stereocenters. The van der Waals surface area contributed by atoms with Crippen LogP contribution in [0.15, 0.2) is 42.7 Å². The van der Waals surface area contributed by atoms with Crippen LogP contribution >= 0.6 is 0 Å². The molecule has 1 rings (SSSR count). The second-order valence-corrected chi connectivity index (χ2v) is 1.81. The van der Waals surface area contributed by atoms with Gasteiger partial charge in [0.1, 0.15) is 0 Å². The van der Waals surface area contributed by atoms with Crippen LogP contribution in [0.25, 0.3) is 0 Å². The molecule has 0 aliphatic carbocycles. The maximum Gasteiger partial charge on any atom is 0.298 e. The Morgan fingerprint density at radius 3 is 1.75 bits per heavy atom. The fraction of sp³-hybridized carbons (Fsp3) is 0. The molecule has 0 saturated heterocycles. The van der Waals surface area contributed by atoms with E-state index in [1.54, 1.807) is 0 Å². The molecule has 0 fully saturated rings. The predicted octanol–water partition coefficient (Wildman–Crippen LogP) is 2.96. The van der Waals surface area contributed by atoms with Gasteiger partial charge in [-0.05, 0) is 12.1 Å². The zero-order valence-corrected chi connectivity index (χ0v) is 6.18. The van der Waals surface area contributed by atoms with Crippen LogP contribution in [0, 0.1) is 0 Å². The van der Waals surface area contributed by atoms with Crippen LogP contribution in [0.1, 0.15) is 0 Å². The van der Waals surface area contributed by atoms with E-state index in [2.05, 4.69) is 0 Å². The summed E-state index contributed by atoms with van der Waals surface area (Å²) in [6.07, 6.45) is -3.04. The van der Waals surface area contributed by atoms with E-state index >= 15 is 0 Å². The number of rotatable bonds is 0. The van der Waals surface area contributed by atoms with Gasteiger partial charge in [-0.15, -0.1) is 0 Å². The molecule has 0 bridgehead atoms. The highest BCUT2D eigenvalue weighted by Gasteiger charge is 1.78. The number of hydrogen-bond donors (Lipinski definition) is 1. The van der Waals surface area contributed by atoms with Gasteiger partial charge < -0.3 is 5.73 Å². The Hall–Kier alpha value is -1.45. The minimum Gasteiger partial charge on any atom is -0.399 e. The first-order chi connectivity index (χ1) is 5.66. The Balaban J connectivity index is 0.000000217. The molecule has 1 nitrogen and oxygen atoms in total. The Kier molecular flexibility index (Phi) is 5.51. The summed E-state index contributed by atoms with van der Waals surface area (Å²) in [4.78, 5) is 0. The van der Waals surface area contributed by atoms with Crippen molar-refractivity contribution in [3.8, 4) is 0 Å². The molecule has 0 aromatic heterocycles. The van der Waals surface area contributed by atoms with E-state index in [0.717, 1.165) is 5.69 Å². The first kappa shape index (κ1) is 10.6. The molecule has 0 saturated carbocycles. The summed E-state index contributed by atoms with van der Waals surface area (Å²) in [5.41, 5.74) is 6.18. The lowest BCUT2D eigenvalue weighted by atomic mass is 10.3. The summed E-state index contributed by atoms with van der Waals surface area (Å²) in [5, 5.41) is 0. The Labute approximate surface area is 68.3 Å². The van der Waals surface area contributed by atoms with Crippen molar-refractivity contribution in [2.24, 2.45) is 0 Å². The van der Waals surface area contributed by atoms with E-state index in [1.165, 1.54) is 0 Å². The van der Waals surface area contributed by atoms with E-state index in [4.69, 9.17) is 5.73 Å². The van der Waals surface area contributed by atoms with Crippen LogP contribution in [0.4, 0.5) is 18.9 Å². The second-order valence-electron chi connectivity index (χ2n) is 1.81. The molecule has 66 valence electrons. The predicted molar refractivity (Wildman–Crippen MR) is 42.3 cm³/mol. The number of anilines is 1. The smallest absolute Gasteiger partial charge is 0.298 e. The molecular weight excluding hydrogens is 167 g/mol. The highest BCUT2D eigenvalue weighted by molar-refractivity contribution is 5.35. The van der Waals surface area contributed by atoms with E-state index in [0.29, 0.717) is 0 Å². The number of halogens is 3. The molecule has 0 heterocycles. The van der Waals surface area contributed by atoms with Gasteiger partial charge in [-0.1, -0.05) is 18.2 Å². The first-order valence-corrected chi connectivity index (χ1v) is 3.08. The van der Waals surface area contributed by atoms with Crippen molar-refractivity contribution in [3.63, 3.8) is 0 Å². The van der Waals surface area contributed by atoms with Gasteiger partial charge in [0.25, 0.3) is 6.08 Å². The van der Waals surface area contributed by atoms with Crippen LogP contribution in [0.3, 0.4) is 0 Å². The molecule has 12 heavy (non-hydrogen) atoms. The third kappa shape index (κ3) is 6.67. The Morgan fingerprint density at radius 2 is 1.58 bits per heavy atom. The zero-order chi connectivity index (χ0) is 9.40. The van der Waals surface area contributed by atoms with Crippen molar-refractivity contribution < 1.29 is 13.2 Å². The molecule has 0 radical (unpaired) electrons. The topological polar surface area (TPSA) is 26.0 Å². The normalized spacial score (nSPS) is 7.92. The van der Waals surface area contributed by atoms with Crippen LogP contribution in [-0.4, -0.2) is 0 Å². The summed E-state index contributed by atoms with van der Waals surface area (Å²) < 4.78 is 30.7. The van der Waals surface area contributed by atoms with Gasteiger partial charge in [0.2, 0.25) is 0 Å². The van der Waals surface area contributed by atoms with Crippen molar-refractivity contribution in [2.45, 2.75) is 0 Å². The molecule has 2 N–H and O–H groups in total. The highest BCUT2D eigenvalue weighted by atomic mass is 19.3. The fourth-order valence-electron chi connectivity index (χ4n) is 0.453. The third-order valence-electron chi connectivity index (χ3n) is 0.882. The van der Waals surface area contributed by atoms with Crippen molar-refractivity contribution in [1.29, 1.82) is 0 Å². The van der Waals surface area contributed by atoms with Gasteiger partial charge in [0, 0.05) is 5.69 Å². The van der Waals surface area contributed by atoms with Crippen LogP contribution in [0.2, 0.25) is 0 Å². The Bertz CT molecular complexity index is 229. The number of nitrogens with two attached hydrogens (primary N) is 1. The average Bonchev–Trinajstić information content (AvgIpc) is 2.07. The summed E-state index contributed by atoms with van der Waals surface area (Å²) in [7, 11) is 0. The van der Waals surface area contributed by atoms with Gasteiger partial charge in [-0.2, -0.15) is 8.78 Å². The van der Waals surface area contributed by atoms with E-state index in [-0.39, 0.29) is 0 Å². The van der Waals surface area contributed by atoms with Gasteiger partial charge in [-0.25, -0.2) is 4.39 Å². The average molecular weight is 175 g/mol. The summed E-state index contributed by atoms with van der Waals surface area (Å²) in [5.74, 6) is 0. The van der Waals surface area contributed by atoms with Crippen LogP contribution in [-0.2, 0) is 0 Å². The molecule has 0 spiro atoms. The highest BCUT2D eigenvalue weighted by Crippen LogP contribution is 1.96. The van der Waals surface area contributed by atoms with Crippen molar-refractivity contribution >= 4 is 5.69 Å². The number of para-hydroxylation sites is 1. The lowest BCUT2D eigenvalue weighted by molar-refractivity contribution is 0.400. The minimum atomic E-state index is -2.29. The van der Waals surface area contributed by atoms with Crippen molar-refractivity contribution in [3.05, 3.63) is 42.7 Å². The SMILES string of the molecule is FC=C(F)F.Nc1ccccc1. The summed E-state index contributed by atoms with van der Waals surface area (Å²) in [6, 6.07) is 9.49. The maximum atomic E-state index is 10.2. The minimum absolute atomic E-state index is 0.750. The third-order valence-corrected chi connectivity index (χ3v) is 0.882. The molecular formula is C8H8F3N. The summed E-state index contributed by atoms with van der Waals surface area (Å²) in [6.45, 7) is 0. The van der Waals surface area contributed by atoms with E-state index in [1.807, 2.05) is 30.3 Å². The first-order valence-electron chi connectivity index (χ1n) is 3.08. The second kappa shape index (κ2) is 6.27. The molecule has 1 aromatic rings. The van der Waals surface area contributed by atoms with Gasteiger partial charge in [0.05, 0.1) is 0 Å². The lowest BCUT2D eigenvalue weighted by Crippen LogP contribution is -1.79. The van der Waals surface area contributed by atoms with Crippen LogP contribution < -0.4 is 5.73 Å². The van der Waals surface area contributed by atoms with E-state index in [9.17, 15) is 13.2 Å². The van der Waals surface area contributed by atoms with Gasteiger partial charge >= 0.3 is 0 Å². The maximum absolute atomic E-state index is 10.2. The zero-order valence-electron chi connectivity index (χ0n) is 6.18. The number of hydrogen-bond acceptors (Lipinski definition) is 1. The molecule has 0 amide bonds. The molecule has 0 atom stereocenters. The van der Waals surface area contributed by atoms with Crippen molar-refractivity contribution in [2.75, 3.05) is 5.73 Å². The fourth-order valence-corrected chi connectivity index (χ4v) is 0.453. The Morgan fingerprint density at radius 1 is 1.17 bits per heavy atom. The molecule has 4 heteroatoms. The molecule has 0 aliphatic heterocycles. The molecule has 1 aromatic carbocycles. The van der Waals surface area contributed by atoms with Gasteiger partial charge in [-0.3, -0.25) is 0 Å². The summed E-state index contributed by atoms with van der Waals surface area (Å²) >= 11 is 0. The quantitative estimate of drug-likeness (QED) is 0.602. The largest absolute Gasteiger partial charge is 0.399 e.